The van der Waals surface area contributed by atoms with Crippen LogP contribution in [0.5, 0.6) is 5.75 Å². The summed E-state index contributed by atoms with van der Waals surface area (Å²) in [5.41, 5.74) is 11.3. The van der Waals surface area contributed by atoms with Crippen molar-refractivity contribution < 1.29 is 18.3 Å². The molecule has 0 fully saturated rings. The van der Waals surface area contributed by atoms with E-state index >= 15 is 0 Å². The summed E-state index contributed by atoms with van der Waals surface area (Å²) in [5.74, 6) is 1.000. The van der Waals surface area contributed by atoms with Crippen molar-refractivity contribution in [1.82, 2.24) is 14.5 Å². The quantitative estimate of drug-likeness (QED) is 0.549. The monoisotopic (exact) mass is 443 g/mol. The summed E-state index contributed by atoms with van der Waals surface area (Å²) in [4.78, 5) is 9.35. The normalized spacial score (nSPS) is 11.7. The van der Waals surface area contributed by atoms with E-state index in [-0.39, 0.29) is 23.1 Å². The van der Waals surface area contributed by atoms with E-state index in [0.717, 1.165) is 5.57 Å². The molecule has 0 atom stereocenters. The summed E-state index contributed by atoms with van der Waals surface area (Å²) in [5, 5.41) is 10.3. The Morgan fingerprint density at radius 3 is 2.30 bits per heavy atom. The van der Waals surface area contributed by atoms with Gasteiger partial charge in [0, 0.05) is 11.9 Å². The van der Waals surface area contributed by atoms with Gasteiger partial charge < -0.3 is 21.1 Å². The Hall–Kier alpha value is -2.62. The number of nitrogens with zero attached hydrogens (tertiary/aromatic N) is 3. The van der Waals surface area contributed by atoms with E-state index in [0.29, 0.717) is 28.1 Å². The predicted octanol–water partition coefficient (Wildman–Crippen LogP) is 5.19. The van der Waals surface area contributed by atoms with Gasteiger partial charge in [0.1, 0.15) is 34.3 Å². The maximum absolute atomic E-state index is 12.8. The first kappa shape index (κ1) is 25.4. The molecular formula is C20H28F3N5OS. The van der Waals surface area contributed by atoms with Gasteiger partial charge in [-0.15, -0.1) is 11.8 Å². The third-order valence-corrected chi connectivity index (χ3v) is 4.63. The van der Waals surface area contributed by atoms with Gasteiger partial charge in [0.05, 0.1) is 0 Å². The van der Waals surface area contributed by atoms with Gasteiger partial charge in [-0.05, 0) is 37.8 Å². The maximum Gasteiger partial charge on any atom is 0.430 e. The number of pyridine rings is 1. The maximum atomic E-state index is 12.8. The second kappa shape index (κ2) is 10.4. The molecule has 0 aromatic carbocycles. The highest BCUT2D eigenvalue weighted by Crippen LogP contribution is 2.36. The zero-order chi connectivity index (χ0) is 23.2. The first-order valence-corrected chi connectivity index (χ1v) is 10.3. The lowest BCUT2D eigenvalue weighted by molar-refractivity contribution is -0.0916. The largest absolute Gasteiger partial charge is 0.506 e. The van der Waals surface area contributed by atoms with E-state index in [1.165, 1.54) is 16.3 Å². The van der Waals surface area contributed by atoms with Crippen LogP contribution in [-0.4, -0.2) is 31.6 Å². The summed E-state index contributed by atoms with van der Waals surface area (Å²) in [6, 6.07) is 1.57. The van der Waals surface area contributed by atoms with E-state index in [1.54, 1.807) is 19.2 Å². The molecule has 30 heavy (non-hydrogen) atoms. The zero-order valence-electron chi connectivity index (χ0n) is 17.9. The standard InChI is InChI=1S/C18H22F3N5OS.C2H6/c1-5-28-13-8-12(27)10(6-9(2)3)24-15(13)17-25-11(16(23)26(17)4)7-14(22)18(19,20)21;1-2/h6-8,27H,5,22-23H2,1-4H3;1-2H3/b14-7-;. The molecule has 0 bridgehead atoms. The number of halogens is 3. The number of alkyl halides is 3. The molecule has 0 saturated heterocycles. The van der Waals surface area contributed by atoms with Crippen LogP contribution in [-0.2, 0) is 7.05 Å². The smallest absolute Gasteiger partial charge is 0.430 e. The van der Waals surface area contributed by atoms with Gasteiger partial charge in [-0.3, -0.25) is 0 Å². The van der Waals surface area contributed by atoms with Gasteiger partial charge >= 0.3 is 6.18 Å². The molecule has 10 heteroatoms. The second-order valence-corrected chi connectivity index (χ2v) is 7.56. The Morgan fingerprint density at radius 1 is 1.20 bits per heavy atom. The van der Waals surface area contributed by atoms with Crippen molar-refractivity contribution in [3.05, 3.63) is 28.7 Å². The molecule has 6 nitrogen and oxygen atoms in total. The fourth-order valence-corrected chi connectivity index (χ4v) is 3.16. The van der Waals surface area contributed by atoms with Crippen molar-refractivity contribution in [2.24, 2.45) is 12.8 Å². The van der Waals surface area contributed by atoms with Crippen LogP contribution in [0.3, 0.4) is 0 Å². The molecule has 166 valence electrons. The van der Waals surface area contributed by atoms with E-state index in [9.17, 15) is 18.3 Å². The average molecular weight is 444 g/mol. The van der Waals surface area contributed by atoms with Gasteiger partial charge in [0.2, 0.25) is 0 Å². The Kier molecular flexibility index (Phi) is 8.83. The van der Waals surface area contributed by atoms with Crippen LogP contribution in [0.1, 0.15) is 46.0 Å². The van der Waals surface area contributed by atoms with Crippen LogP contribution >= 0.6 is 11.8 Å². The third-order valence-electron chi connectivity index (χ3n) is 3.72. The number of aromatic hydroxyl groups is 1. The molecule has 2 heterocycles. The number of nitrogens with two attached hydrogens (primary N) is 2. The topological polar surface area (TPSA) is 103 Å². The first-order valence-electron chi connectivity index (χ1n) is 9.34. The number of aromatic nitrogens is 3. The minimum Gasteiger partial charge on any atom is -0.506 e. The lowest BCUT2D eigenvalue weighted by atomic mass is 10.2. The molecule has 0 spiro atoms. The summed E-state index contributed by atoms with van der Waals surface area (Å²) in [6.45, 7) is 9.65. The predicted molar refractivity (Wildman–Crippen MR) is 118 cm³/mol. The highest BCUT2D eigenvalue weighted by molar-refractivity contribution is 7.99. The fourth-order valence-electron chi connectivity index (χ4n) is 2.38. The van der Waals surface area contributed by atoms with Crippen LogP contribution in [0.2, 0.25) is 0 Å². The minimum absolute atomic E-state index is 0.00418. The summed E-state index contributed by atoms with van der Waals surface area (Å²) in [7, 11) is 1.58. The van der Waals surface area contributed by atoms with Crippen molar-refractivity contribution in [2.75, 3.05) is 11.5 Å². The van der Waals surface area contributed by atoms with Crippen molar-refractivity contribution in [3.63, 3.8) is 0 Å². The number of nitrogen functional groups attached to an aromatic ring is 1. The Bertz CT molecular complexity index is 945. The third kappa shape index (κ3) is 5.94. The zero-order valence-corrected chi connectivity index (χ0v) is 18.7. The second-order valence-electron chi connectivity index (χ2n) is 6.26. The molecule has 0 unspecified atom stereocenters. The highest BCUT2D eigenvalue weighted by Gasteiger charge is 2.32. The number of thioether (sulfide) groups is 1. The molecule has 0 aliphatic heterocycles. The molecule has 2 aromatic rings. The summed E-state index contributed by atoms with van der Waals surface area (Å²) < 4.78 is 39.7. The number of allylic oxidation sites excluding steroid dienone is 2. The molecule has 0 aliphatic rings. The Morgan fingerprint density at radius 2 is 1.80 bits per heavy atom. The van der Waals surface area contributed by atoms with Crippen LogP contribution in [0, 0.1) is 0 Å². The van der Waals surface area contributed by atoms with Crippen LogP contribution in [0.4, 0.5) is 19.0 Å². The molecular weight excluding hydrogens is 415 g/mol. The van der Waals surface area contributed by atoms with E-state index in [4.69, 9.17) is 11.5 Å². The molecule has 0 aliphatic carbocycles. The van der Waals surface area contributed by atoms with E-state index in [1.807, 2.05) is 34.6 Å². The van der Waals surface area contributed by atoms with E-state index in [2.05, 4.69) is 9.97 Å². The fraction of sp³-hybridized carbons (Fsp3) is 0.400. The van der Waals surface area contributed by atoms with Gasteiger partial charge in [0.15, 0.2) is 5.82 Å². The number of hydrogen-bond acceptors (Lipinski definition) is 6. The molecule has 5 N–H and O–H groups in total. The summed E-state index contributed by atoms with van der Waals surface area (Å²) in [6.07, 6.45) is -2.28. The average Bonchev–Trinajstić information content (AvgIpc) is 2.93. The Balaban J connectivity index is 0.00000218. The van der Waals surface area contributed by atoms with Gasteiger partial charge in [-0.25, -0.2) is 9.97 Å². The number of hydrogen-bond donors (Lipinski definition) is 3. The number of anilines is 1. The minimum atomic E-state index is -4.68. The molecule has 2 aromatic heterocycles. The van der Waals surface area contributed by atoms with Crippen molar-refractivity contribution in [1.29, 1.82) is 0 Å². The van der Waals surface area contributed by atoms with Gasteiger partial charge in [-0.2, -0.15) is 13.2 Å². The lowest BCUT2D eigenvalue weighted by Crippen LogP contribution is -2.19. The van der Waals surface area contributed by atoms with Crippen molar-refractivity contribution in [3.8, 4) is 17.3 Å². The van der Waals surface area contributed by atoms with Crippen molar-refractivity contribution in [2.45, 2.75) is 45.7 Å². The Labute approximate surface area is 178 Å². The number of rotatable bonds is 5. The lowest BCUT2D eigenvalue weighted by Gasteiger charge is -2.11. The molecule has 0 saturated carbocycles. The van der Waals surface area contributed by atoms with Gasteiger partial charge in [0.25, 0.3) is 0 Å². The molecule has 0 radical (unpaired) electrons. The summed E-state index contributed by atoms with van der Waals surface area (Å²) >= 11 is 1.42. The number of imidazole rings is 1. The first-order chi connectivity index (χ1) is 14.0. The van der Waals surface area contributed by atoms with Crippen LogP contribution in [0.15, 0.2) is 22.2 Å². The van der Waals surface area contributed by atoms with Crippen LogP contribution in [0.25, 0.3) is 23.7 Å². The van der Waals surface area contributed by atoms with E-state index < -0.39 is 11.9 Å². The molecule has 2 rings (SSSR count). The van der Waals surface area contributed by atoms with Crippen LogP contribution < -0.4 is 11.5 Å². The van der Waals surface area contributed by atoms with Crippen molar-refractivity contribution >= 4 is 29.7 Å². The molecule has 0 amide bonds. The highest BCUT2D eigenvalue weighted by atomic mass is 32.2. The SMILES string of the molecule is CC.CCSc1cc(O)c(C=C(C)C)nc1-c1nc(/C=C(\N)C(F)(F)F)c(N)n1C. The van der Waals surface area contributed by atoms with Gasteiger partial charge in [-0.1, -0.05) is 26.3 Å².